The Morgan fingerprint density at radius 1 is 1.26 bits per heavy atom. The van der Waals surface area contributed by atoms with Gasteiger partial charge >= 0.3 is 0 Å². The number of pyridine rings is 2. The number of aliphatic hydroxyl groups is 1. The number of halogens is 1. The topological polar surface area (TPSA) is 118 Å². The number of carbonyl (C=O) groups excluding carboxylic acids is 2. The quantitative estimate of drug-likeness (QED) is 0.499. The molecule has 1 fully saturated rings. The number of nitrogens with zero attached hydrogens (tertiary/aromatic N) is 4. The van der Waals surface area contributed by atoms with Gasteiger partial charge in [0.2, 0.25) is 5.91 Å². The molecule has 34 heavy (non-hydrogen) atoms. The van der Waals surface area contributed by atoms with E-state index < -0.39 is 0 Å². The van der Waals surface area contributed by atoms with E-state index in [-0.39, 0.29) is 35.4 Å². The molecule has 3 aromatic heterocycles. The first kappa shape index (κ1) is 22.7. The molecule has 0 radical (unpaired) electrons. The molecule has 4 heterocycles. The number of methoxy groups -OCH3 is 1. The van der Waals surface area contributed by atoms with E-state index in [1.54, 1.807) is 17.0 Å². The van der Waals surface area contributed by atoms with Crippen molar-refractivity contribution in [2.45, 2.75) is 26.4 Å². The molecular formula is C23H22ClN5O4S. The number of thiazole rings is 1. The molecule has 9 nitrogen and oxygen atoms in total. The molecule has 2 aliphatic rings. The van der Waals surface area contributed by atoms with Crippen molar-refractivity contribution in [1.29, 1.82) is 0 Å². The maximum absolute atomic E-state index is 13.2. The summed E-state index contributed by atoms with van der Waals surface area (Å²) in [5, 5.41) is 12.8. The Morgan fingerprint density at radius 3 is 2.79 bits per heavy atom. The number of aryl methyl sites for hydroxylation is 1. The van der Waals surface area contributed by atoms with E-state index in [0.717, 1.165) is 22.7 Å². The highest BCUT2D eigenvalue weighted by molar-refractivity contribution is 7.16. The molecular weight excluding hydrogens is 478 g/mol. The Labute approximate surface area is 204 Å². The molecule has 0 spiro atoms. The molecule has 5 rings (SSSR count). The van der Waals surface area contributed by atoms with Crippen molar-refractivity contribution >= 4 is 39.9 Å². The van der Waals surface area contributed by atoms with Gasteiger partial charge in [-0.15, -0.1) is 0 Å². The average molecular weight is 500 g/mol. The minimum atomic E-state index is -0.360. The number of nitrogens with one attached hydrogen (secondary N) is 1. The van der Waals surface area contributed by atoms with E-state index in [4.69, 9.17) is 16.3 Å². The zero-order chi connectivity index (χ0) is 24.0. The van der Waals surface area contributed by atoms with E-state index in [0.29, 0.717) is 40.7 Å². The molecule has 2 N–H and O–H groups in total. The number of carbonyl (C=O) groups is 2. The predicted molar refractivity (Wildman–Crippen MR) is 127 cm³/mol. The SMILES string of the molecule is COc1cnc(Cl)cc1-c1cc(C)ncc1C(=O)Nc1nc2c(s1)CN(C(=O)[C@@H]1C[C@H]1CO)C2. The van der Waals surface area contributed by atoms with Gasteiger partial charge in [0, 0.05) is 35.5 Å². The van der Waals surface area contributed by atoms with Gasteiger partial charge in [0.15, 0.2) is 5.13 Å². The first-order valence-electron chi connectivity index (χ1n) is 10.7. The largest absolute Gasteiger partial charge is 0.494 e. The summed E-state index contributed by atoms with van der Waals surface area (Å²) in [6.07, 6.45) is 3.77. The smallest absolute Gasteiger partial charge is 0.259 e. The molecule has 1 aliphatic carbocycles. The van der Waals surface area contributed by atoms with Crippen LogP contribution in [0.15, 0.2) is 24.5 Å². The van der Waals surface area contributed by atoms with Crippen molar-refractivity contribution in [3.05, 3.63) is 51.5 Å². The monoisotopic (exact) mass is 499 g/mol. The lowest BCUT2D eigenvalue weighted by atomic mass is 10.0. The number of hydrogen-bond donors (Lipinski definition) is 2. The zero-order valence-corrected chi connectivity index (χ0v) is 20.1. The number of aliphatic hydroxyl groups excluding tert-OH is 1. The third kappa shape index (κ3) is 4.24. The lowest BCUT2D eigenvalue weighted by Gasteiger charge is -2.15. The Bertz CT molecular complexity index is 1270. The molecule has 176 valence electrons. The number of anilines is 1. The molecule has 11 heteroatoms. The van der Waals surface area contributed by atoms with Gasteiger partial charge in [-0.25, -0.2) is 9.97 Å². The highest BCUT2D eigenvalue weighted by atomic mass is 35.5. The van der Waals surface area contributed by atoms with Crippen molar-refractivity contribution in [2.75, 3.05) is 19.0 Å². The first-order valence-corrected chi connectivity index (χ1v) is 11.9. The third-order valence-electron chi connectivity index (χ3n) is 6.09. The summed E-state index contributed by atoms with van der Waals surface area (Å²) in [4.78, 5) is 41.4. The maximum atomic E-state index is 13.2. The van der Waals surface area contributed by atoms with Gasteiger partial charge in [0.25, 0.3) is 5.91 Å². The Morgan fingerprint density at radius 2 is 2.09 bits per heavy atom. The van der Waals surface area contributed by atoms with Crippen LogP contribution in [-0.4, -0.2) is 50.5 Å². The van der Waals surface area contributed by atoms with Crippen LogP contribution in [0.5, 0.6) is 5.75 Å². The highest BCUT2D eigenvalue weighted by Gasteiger charge is 2.45. The van der Waals surface area contributed by atoms with Gasteiger partial charge in [-0.3, -0.25) is 19.9 Å². The van der Waals surface area contributed by atoms with Crippen LogP contribution in [0.2, 0.25) is 5.15 Å². The minimum Gasteiger partial charge on any atom is -0.494 e. The van der Waals surface area contributed by atoms with E-state index in [2.05, 4.69) is 20.3 Å². The van der Waals surface area contributed by atoms with E-state index in [1.165, 1.54) is 30.8 Å². The number of rotatable bonds is 6. The second-order valence-electron chi connectivity index (χ2n) is 8.40. The summed E-state index contributed by atoms with van der Waals surface area (Å²) in [6.45, 7) is 2.77. The predicted octanol–water partition coefficient (Wildman–Crippen LogP) is 3.29. The summed E-state index contributed by atoms with van der Waals surface area (Å²) in [6, 6.07) is 3.45. The van der Waals surface area contributed by atoms with Crippen LogP contribution in [0.3, 0.4) is 0 Å². The molecule has 0 bridgehead atoms. The van der Waals surface area contributed by atoms with Crippen molar-refractivity contribution in [3.8, 4) is 16.9 Å². The normalized spacial score (nSPS) is 18.5. The molecule has 3 aromatic rings. The van der Waals surface area contributed by atoms with E-state index in [1.807, 2.05) is 6.92 Å². The Balaban J connectivity index is 1.35. The first-order chi connectivity index (χ1) is 16.4. The lowest BCUT2D eigenvalue weighted by molar-refractivity contribution is -0.133. The van der Waals surface area contributed by atoms with Crippen molar-refractivity contribution < 1.29 is 19.4 Å². The standard InChI is InChI=1S/C23H22ClN5O4S/c1-11-3-14(15-5-20(24)26-7-18(15)33-2)16(6-25-11)21(31)28-23-27-17-8-29(9-19(17)34-23)22(32)13-4-12(13)10-30/h3,5-7,12-13,30H,4,8-10H2,1-2H3,(H,27,28,31)/t12-,13+/m0/s1. The molecule has 0 unspecified atom stereocenters. The Hall–Kier alpha value is -3.08. The van der Waals surface area contributed by atoms with Crippen LogP contribution in [0, 0.1) is 18.8 Å². The van der Waals surface area contributed by atoms with E-state index >= 15 is 0 Å². The van der Waals surface area contributed by atoms with Gasteiger partial charge in [-0.2, -0.15) is 0 Å². The van der Waals surface area contributed by atoms with Crippen LogP contribution < -0.4 is 10.1 Å². The summed E-state index contributed by atoms with van der Waals surface area (Å²) < 4.78 is 5.42. The fraction of sp³-hybridized carbons (Fsp3) is 0.348. The number of aromatic nitrogens is 3. The number of hydrogen-bond acceptors (Lipinski definition) is 8. The number of amides is 2. The van der Waals surface area contributed by atoms with Gasteiger partial charge in [0.05, 0.1) is 42.5 Å². The van der Waals surface area contributed by atoms with Gasteiger partial charge in [-0.05, 0) is 31.4 Å². The summed E-state index contributed by atoms with van der Waals surface area (Å²) >= 11 is 7.47. The van der Waals surface area contributed by atoms with Crippen LogP contribution in [-0.2, 0) is 17.9 Å². The molecule has 2 amide bonds. The maximum Gasteiger partial charge on any atom is 0.259 e. The molecule has 1 aliphatic heterocycles. The molecule has 2 atom stereocenters. The highest BCUT2D eigenvalue weighted by Crippen LogP contribution is 2.42. The zero-order valence-electron chi connectivity index (χ0n) is 18.5. The van der Waals surface area contributed by atoms with Crippen LogP contribution in [0.25, 0.3) is 11.1 Å². The molecule has 0 aromatic carbocycles. The van der Waals surface area contributed by atoms with Crippen LogP contribution >= 0.6 is 22.9 Å². The Kier molecular flexibility index (Phi) is 5.97. The summed E-state index contributed by atoms with van der Waals surface area (Å²) in [5.74, 6) is 0.197. The molecule has 1 saturated carbocycles. The van der Waals surface area contributed by atoms with Crippen molar-refractivity contribution in [3.63, 3.8) is 0 Å². The number of fused-ring (bicyclic) bond motifs is 1. The number of ether oxygens (including phenoxy) is 1. The van der Waals surface area contributed by atoms with Crippen LogP contribution in [0.1, 0.15) is 33.0 Å². The van der Waals surface area contributed by atoms with Crippen LogP contribution in [0.4, 0.5) is 5.13 Å². The van der Waals surface area contributed by atoms with Crippen molar-refractivity contribution in [1.82, 2.24) is 19.9 Å². The van der Waals surface area contributed by atoms with Gasteiger partial charge in [-0.1, -0.05) is 22.9 Å². The lowest BCUT2D eigenvalue weighted by Crippen LogP contribution is -2.27. The fourth-order valence-electron chi connectivity index (χ4n) is 4.15. The second kappa shape index (κ2) is 8.94. The van der Waals surface area contributed by atoms with Gasteiger partial charge < -0.3 is 14.7 Å². The second-order valence-corrected chi connectivity index (χ2v) is 9.87. The third-order valence-corrected chi connectivity index (χ3v) is 7.29. The minimum absolute atomic E-state index is 0.0495. The van der Waals surface area contributed by atoms with Crippen molar-refractivity contribution in [2.24, 2.45) is 11.8 Å². The summed E-state index contributed by atoms with van der Waals surface area (Å²) in [5.41, 5.74) is 3.13. The summed E-state index contributed by atoms with van der Waals surface area (Å²) in [7, 11) is 1.53. The van der Waals surface area contributed by atoms with Gasteiger partial charge in [0.1, 0.15) is 10.9 Å². The fourth-order valence-corrected chi connectivity index (χ4v) is 5.29. The van der Waals surface area contributed by atoms with E-state index in [9.17, 15) is 14.7 Å². The molecule has 0 saturated heterocycles. The average Bonchev–Trinajstić information content (AvgIpc) is 3.37.